The first-order valence-electron chi connectivity index (χ1n) is 7.73. The number of amides is 4. The molecule has 0 spiro atoms. The number of hydrogen-bond donors (Lipinski definition) is 2. The standard InChI is InChI=1S/C17H14F3N3O3S/c1-9-5-6-11(8-10(9)2)23-14(25)16(17(18,19)20,22-15(23)26)21-13(24)12-4-3-7-27-12/h3-8H,1-2H3,(H,21,24)(H,22,26)/t16-/m0/s1. The minimum Gasteiger partial charge on any atom is -0.313 e. The molecule has 2 N–H and O–H groups in total. The molecule has 1 aliphatic heterocycles. The zero-order valence-corrected chi connectivity index (χ0v) is 15.0. The number of carbonyl (C=O) groups is 3. The number of thiophene rings is 1. The summed E-state index contributed by atoms with van der Waals surface area (Å²) in [4.78, 5) is 37.5. The predicted octanol–water partition coefficient (Wildman–Crippen LogP) is 3.11. The summed E-state index contributed by atoms with van der Waals surface area (Å²) in [5.74, 6) is -2.73. The van der Waals surface area contributed by atoms with Crippen molar-refractivity contribution in [1.82, 2.24) is 10.6 Å². The average molecular weight is 397 g/mol. The van der Waals surface area contributed by atoms with Gasteiger partial charge in [-0.25, -0.2) is 9.69 Å². The molecule has 4 amide bonds. The SMILES string of the molecule is Cc1ccc(N2C(=O)N[C@](NC(=O)c3cccs3)(C(F)(F)F)C2=O)cc1C. The number of hydrogen-bond acceptors (Lipinski definition) is 4. The lowest BCUT2D eigenvalue weighted by atomic mass is 10.1. The van der Waals surface area contributed by atoms with E-state index in [2.05, 4.69) is 0 Å². The highest BCUT2D eigenvalue weighted by molar-refractivity contribution is 7.12. The average Bonchev–Trinajstić information content (AvgIpc) is 3.18. The maximum atomic E-state index is 13.8. The zero-order valence-electron chi connectivity index (χ0n) is 14.2. The van der Waals surface area contributed by atoms with E-state index in [1.165, 1.54) is 29.6 Å². The van der Waals surface area contributed by atoms with Crippen molar-refractivity contribution in [3.63, 3.8) is 0 Å². The lowest BCUT2D eigenvalue weighted by Gasteiger charge is -2.29. The molecule has 6 nitrogen and oxygen atoms in total. The van der Waals surface area contributed by atoms with E-state index in [1.807, 2.05) is 0 Å². The van der Waals surface area contributed by atoms with Gasteiger partial charge in [0.2, 0.25) is 0 Å². The number of imide groups is 1. The summed E-state index contributed by atoms with van der Waals surface area (Å²) in [6.07, 6.45) is -5.25. The third-order valence-corrected chi connectivity index (χ3v) is 5.11. The summed E-state index contributed by atoms with van der Waals surface area (Å²) >= 11 is 0.909. The molecule has 0 bridgehead atoms. The van der Waals surface area contributed by atoms with Crippen LogP contribution in [0.5, 0.6) is 0 Å². The van der Waals surface area contributed by atoms with Crippen molar-refractivity contribution in [3.05, 3.63) is 51.7 Å². The molecule has 1 aliphatic rings. The zero-order chi connectivity index (χ0) is 20.0. The van der Waals surface area contributed by atoms with E-state index in [9.17, 15) is 27.6 Å². The normalized spacial score (nSPS) is 20.0. The number of carbonyl (C=O) groups excluding carboxylic acids is 3. The molecule has 0 aliphatic carbocycles. The Balaban J connectivity index is 2.02. The van der Waals surface area contributed by atoms with Crippen LogP contribution < -0.4 is 15.5 Å². The molecule has 2 heterocycles. The van der Waals surface area contributed by atoms with E-state index in [0.717, 1.165) is 16.9 Å². The highest BCUT2D eigenvalue weighted by atomic mass is 32.1. The Hall–Kier alpha value is -2.88. The minimum atomic E-state index is -5.25. The lowest BCUT2D eigenvalue weighted by molar-refractivity contribution is -0.197. The molecule has 0 unspecified atom stereocenters. The van der Waals surface area contributed by atoms with Gasteiger partial charge < -0.3 is 5.32 Å². The second-order valence-corrected chi connectivity index (χ2v) is 6.97. The second-order valence-electron chi connectivity index (χ2n) is 6.02. The van der Waals surface area contributed by atoms with E-state index in [0.29, 0.717) is 10.5 Å². The summed E-state index contributed by atoms with van der Waals surface area (Å²) in [6.45, 7) is 3.49. The van der Waals surface area contributed by atoms with Crippen molar-refractivity contribution in [2.24, 2.45) is 0 Å². The minimum absolute atomic E-state index is 0.0166. The second kappa shape index (κ2) is 6.38. The van der Waals surface area contributed by atoms with Crippen LogP contribution in [0.3, 0.4) is 0 Å². The number of rotatable bonds is 3. The van der Waals surface area contributed by atoms with Crippen LogP contribution in [-0.4, -0.2) is 29.7 Å². The first kappa shape index (κ1) is 18.9. The fourth-order valence-electron chi connectivity index (χ4n) is 2.62. The van der Waals surface area contributed by atoms with Crippen molar-refractivity contribution >= 4 is 34.9 Å². The van der Waals surface area contributed by atoms with Gasteiger partial charge in [-0.15, -0.1) is 11.3 Å². The van der Waals surface area contributed by atoms with Gasteiger partial charge in [0.25, 0.3) is 17.5 Å². The van der Waals surface area contributed by atoms with Gasteiger partial charge in [0.15, 0.2) is 0 Å². The molecule has 27 heavy (non-hydrogen) atoms. The number of halogens is 3. The van der Waals surface area contributed by atoms with Crippen molar-refractivity contribution in [3.8, 4) is 0 Å². The van der Waals surface area contributed by atoms with Gasteiger partial charge in [-0.2, -0.15) is 13.2 Å². The molecule has 1 aromatic heterocycles. The highest BCUT2D eigenvalue weighted by Crippen LogP contribution is 2.36. The molecule has 1 fully saturated rings. The Morgan fingerprint density at radius 3 is 2.44 bits per heavy atom. The number of alkyl halides is 3. The van der Waals surface area contributed by atoms with E-state index in [-0.39, 0.29) is 10.6 Å². The van der Waals surface area contributed by atoms with Crippen molar-refractivity contribution in [1.29, 1.82) is 0 Å². The largest absolute Gasteiger partial charge is 0.440 e. The Labute approximate surface area is 156 Å². The molecular weight excluding hydrogens is 383 g/mol. The van der Waals surface area contributed by atoms with Gasteiger partial charge in [-0.3, -0.25) is 14.9 Å². The van der Waals surface area contributed by atoms with Gasteiger partial charge in [-0.1, -0.05) is 12.1 Å². The third-order valence-electron chi connectivity index (χ3n) is 4.24. The van der Waals surface area contributed by atoms with Crippen LogP contribution in [-0.2, 0) is 4.79 Å². The predicted molar refractivity (Wildman–Crippen MR) is 92.5 cm³/mol. The summed E-state index contributed by atoms with van der Waals surface area (Å²) in [5.41, 5.74) is -2.01. The van der Waals surface area contributed by atoms with Gasteiger partial charge in [0, 0.05) is 0 Å². The van der Waals surface area contributed by atoms with E-state index in [4.69, 9.17) is 0 Å². The fourth-order valence-corrected chi connectivity index (χ4v) is 3.24. The monoisotopic (exact) mass is 397 g/mol. The number of urea groups is 1. The van der Waals surface area contributed by atoms with Crippen LogP contribution in [0, 0.1) is 13.8 Å². The summed E-state index contributed by atoms with van der Waals surface area (Å²) in [5, 5.41) is 4.79. The van der Waals surface area contributed by atoms with Crippen molar-refractivity contribution < 1.29 is 27.6 Å². The number of anilines is 1. The molecule has 3 rings (SSSR count). The molecule has 2 aromatic rings. The van der Waals surface area contributed by atoms with Gasteiger partial charge in [0.1, 0.15) is 0 Å². The molecule has 10 heteroatoms. The van der Waals surface area contributed by atoms with Crippen LogP contribution in [0.4, 0.5) is 23.7 Å². The lowest BCUT2D eigenvalue weighted by Crippen LogP contribution is -2.69. The smallest absolute Gasteiger partial charge is 0.313 e. The maximum Gasteiger partial charge on any atom is 0.440 e. The van der Waals surface area contributed by atoms with Gasteiger partial charge in [0.05, 0.1) is 10.6 Å². The number of aryl methyl sites for hydroxylation is 2. The van der Waals surface area contributed by atoms with Gasteiger partial charge >= 0.3 is 12.2 Å². The Kier molecular flexibility index (Phi) is 4.46. The summed E-state index contributed by atoms with van der Waals surface area (Å²) < 4.78 is 41.4. The highest BCUT2D eigenvalue weighted by Gasteiger charge is 2.69. The molecule has 0 saturated carbocycles. The van der Waals surface area contributed by atoms with Crippen molar-refractivity contribution in [2.45, 2.75) is 25.7 Å². The van der Waals surface area contributed by atoms with E-state index >= 15 is 0 Å². The molecule has 142 valence electrons. The Bertz CT molecular complexity index is 927. The van der Waals surface area contributed by atoms with Crippen LogP contribution in [0.15, 0.2) is 35.7 Å². The number of nitrogens with zero attached hydrogens (tertiary/aromatic N) is 1. The Morgan fingerprint density at radius 1 is 1.19 bits per heavy atom. The molecular formula is C17H14F3N3O3S. The summed E-state index contributed by atoms with van der Waals surface area (Å²) in [7, 11) is 0. The Morgan fingerprint density at radius 2 is 1.89 bits per heavy atom. The van der Waals surface area contributed by atoms with Crippen LogP contribution >= 0.6 is 11.3 Å². The van der Waals surface area contributed by atoms with E-state index < -0.39 is 29.7 Å². The van der Waals surface area contributed by atoms with Crippen LogP contribution in [0.25, 0.3) is 0 Å². The van der Waals surface area contributed by atoms with Crippen LogP contribution in [0.2, 0.25) is 0 Å². The molecule has 1 atom stereocenters. The topological polar surface area (TPSA) is 78.5 Å². The maximum absolute atomic E-state index is 13.8. The summed E-state index contributed by atoms with van der Waals surface area (Å²) in [6, 6.07) is 5.91. The molecule has 1 saturated heterocycles. The number of nitrogens with one attached hydrogen (secondary N) is 2. The first-order valence-corrected chi connectivity index (χ1v) is 8.61. The van der Waals surface area contributed by atoms with Crippen molar-refractivity contribution in [2.75, 3.05) is 4.90 Å². The van der Waals surface area contributed by atoms with Crippen LogP contribution in [0.1, 0.15) is 20.8 Å². The van der Waals surface area contributed by atoms with E-state index in [1.54, 1.807) is 30.5 Å². The third kappa shape index (κ3) is 3.05. The quantitative estimate of drug-likeness (QED) is 0.782. The molecule has 1 aromatic carbocycles. The molecule has 0 radical (unpaired) electrons. The number of benzene rings is 1. The first-order chi connectivity index (χ1) is 12.6. The fraction of sp³-hybridized carbons (Fsp3) is 0.235. The van der Waals surface area contributed by atoms with Gasteiger partial charge in [-0.05, 0) is 48.6 Å².